The average Bonchev–Trinajstić information content (AvgIpc) is 2.49. The molecular formula is C16H25N3O2. The third kappa shape index (κ3) is 4.52. The van der Waals surface area contributed by atoms with Gasteiger partial charge in [-0.2, -0.15) is 0 Å². The first-order chi connectivity index (χ1) is 10.1. The molecule has 0 aliphatic carbocycles. The zero-order chi connectivity index (χ0) is 15.2. The van der Waals surface area contributed by atoms with Crippen LogP contribution in [0.25, 0.3) is 0 Å². The first kappa shape index (κ1) is 15.9. The molecule has 0 aromatic heterocycles. The molecule has 4 N–H and O–H groups in total. The van der Waals surface area contributed by atoms with Gasteiger partial charge in [-0.3, -0.25) is 15.1 Å². The fourth-order valence-corrected chi connectivity index (χ4v) is 2.94. The number of hydrogen-bond acceptors (Lipinski definition) is 4. The smallest absolute Gasteiger partial charge is 0.238 e. The van der Waals surface area contributed by atoms with Crippen molar-refractivity contribution in [3.8, 4) is 0 Å². The maximum Gasteiger partial charge on any atom is 0.238 e. The molecule has 1 atom stereocenters. The molecule has 1 aliphatic heterocycles. The lowest BCUT2D eigenvalue weighted by Gasteiger charge is -2.33. The van der Waals surface area contributed by atoms with Crippen molar-refractivity contribution in [2.24, 2.45) is 11.8 Å². The minimum atomic E-state index is -0.215. The molecule has 0 saturated carbocycles. The largest absolute Gasteiger partial charge is 0.393 e. The molecule has 5 heteroatoms. The van der Waals surface area contributed by atoms with Crippen LogP contribution in [0.4, 0.5) is 0 Å². The van der Waals surface area contributed by atoms with E-state index in [9.17, 15) is 9.90 Å². The van der Waals surface area contributed by atoms with E-state index in [1.54, 1.807) is 0 Å². The second-order valence-electron chi connectivity index (χ2n) is 5.87. The summed E-state index contributed by atoms with van der Waals surface area (Å²) in [6, 6.07) is 8.00. The molecule has 1 unspecified atom stereocenters. The summed E-state index contributed by atoms with van der Waals surface area (Å²) in [5.41, 5.74) is 4.39. The lowest BCUT2D eigenvalue weighted by molar-refractivity contribution is -0.120. The van der Waals surface area contributed by atoms with Crippen molar-refractivity contribution in [1.29, 1.82) is 0 Å². The first-order valence-electron chi connectivity index (χ1n) is 7.56. The van der Waals surface area contributed by atoms with Gasteiger partial charge in [-0.25, -0.2) is 5.84 Å². The Kier molecular flexibility index (Phi) is 5.73. The minimum Gasteiger partial charge on any atom is -0.393 e. The number of carbonyl (C=O) groups excluding carboxylic acids is 1. The molecule has 0 radical (unpaired) electrons. The monoisotopic (exact) mass is 291 g/mol. The Morgan fingerprint density at radius 3 is 2.57 bits per heavy atom. The average molecular weight is 291 g/mol. The maximum absolute atomic E-state index is 11.5. The summed E-state index contributed by atoms with van der Waals surface area (Å²) in [5.74, 6) is 5.41. The standard InChI is InChI=1S/C16H25N3O2/c1-12(20)13-6-8-19(9-7-13)11-15-5-3-2-4-14(15)10-16(21)18-17/h2-5,12-13,20H,6-11,17H2,1H3,(H,18,21). The quantitative estimate of drug-likeness (QED) is 0.426. The normalized spacial score (nSPS) is 18.4. The SMILES string of the molecule is CC(O)C1CCN(Cc2ccccc2CC(=O)NN)CC1. The number of carbonyl (C=O) groups is 1. The molecule has 1 saturated heterocycles. The molecule has 1 fully saturated rings. The second kappa shape index (κ2) is 7.54. The highest BCUT2D eigenvalue weighted by Gasteiger charge is 2.23. The van der Waals surface area contributed by atoms with Crippen LogP contribution in [0, 0.1) is 5.92 Å². The highest BCUT2D eigenvalue weighted by Crippen LogP contribution is 2.22. The molecule has 1 aromatic rings. The Morgan fingerprint density at radius 1 is 1.38 bits per heavy atom. The molecule has 21 heavy (non-hydrogen) atoms. The third-order valence-corrected chi connectivity index (χ3v) is 4.34. The van der Waals surface area contributed by atoms with Crippen LogP contribution >= 0.6 is 0 Å². The number of amides is 1. The van der Waals surface area contributed by atoms with Crippen LogP contribution in [-0.4, -0.2) is 35.1 Å². The number of nitrogens with one attached hydrogen (secondary N) is 1. The highest BCUT2D eigenvalue weighted by atomic mass is 16.3. The molecule has 5 nitrogen and oxygen atoms in total. The van der Waals surface area contributed by atoms with E-state index < -0.39 is 0 Å². The summed E-state index contributed by atoms with van der Waals surface area (Å²) < 4.78 is 0. The van der Waals surface area contributed by atoms with Gasteiger partial charge < -0.3 is 5.11 Å². The molecule has 1 heterocycles. The summed E-state index contributed by atoms with van der Waals surface area (Å²) in [7, 11) is 0. The van der Waals surface area contributed by atoms with Crippen LogP contribution < -0.4 is 11.3 Å². The number of aliphatic hydroxyl groups is 1. The van der Waals surface area contributed by atoms with E-state index in [1.807, 2.05) is 25.1 Å². The van der Waals surface area contributed by atoms with Crippen molar-refractivity contribution in [2.75, 3.05) is 13.1 Å². The number of nitrogens with zero attached hydrogens (tertiary/aromatic N) is 1. The van der Waals surface area contributed by atoms with Crippen LogP contribution in [0.1, 0.15) is 30.9 Å². The molecule has 0 spiro atoms. The third-order valence-electron chi connectivity index (χ3n) is 4.34. The molecule has 1 aromatic carbocycles. The van der Waals surface area contributed by atoms with Gasteiger partial charge in [0, 0.05) is 6.54 Å². The fraction of sp³-hybridized carbons (Fsp3) is 0.562. The van der Waals surface area contributed by atoms with Gasteiger partial charge in [-0.15, -0.1) is 0 Å². The van der Waals surface area contributed by atoms with Crippen LogP contribution in [0.15, 0.2) is 24.3 Å². The maximum atomic E-state index is 11.5. The second-order valence-corrected chi connectivity index (χ2v) is 5.87. The molecule has 1 aliphatic rings. The topological polar surface area (TPSA) is 78.6 Å². The fourth-order valence-electron chi connectivity index (χ4n) is 2.94. The number of aliphatic hydroxyl groups excluding tert-OH is 1. The van der Waals surface area contributed by atoms with Gasteiger partial charge in [0.15, 0.2) is 0 Å². The van der Waals surface area contributed by atoms with E-state index in [-0.39, 0.29) is 12.0 Å². The van der Waals surface area contributed by atoms with E-state index in [0.29, 0.717) is 12.3 Å². The zero-order valence-corrected chi connectivity index (χ0v) is 12.6. The van der Waals surface area contributed by atoms with Crippen molar-refractivity contribution in [2.45, 2.75) is 38.8 Å². The van der Waals surface area contributed by atoms with Gasteiger partial charge in [0.05, 0.1) is 12.5 Å². The zero-order valence-electron chi connectivity index (χ0n) is 12.6. The number of rotatable bonds is 5. The summed E-state index contributed by atoms with van der Waals surface area (Å²) in [4.78, 5) is 13.9. The van der Waals surface area contributed by atoms with Gasteiger partial charge in [-0.05, 0) is 49.9 Å². The summed E-state index contributed by atoms with van der Waals surface area (Å²) in [5, 5.41) is 9.65. The van der Waals surface area contributed by atoms with Gasteiger partial charge >= 0.3 is 0 Å². The number of hydrazine groups is 1. The van der Waals surface area contributed by atoms with Crippen molar-refractivity contribution in [3.63, 3.8) is 0 Å². The molecule has 116 valence electrons. The van der Waals surface area contributed by atoms with E-state index in [0.717, 1.165) is 38.0 Å². The predicted octanol–water partition coefficient (Wildman–Crippen LogP) is 0.812. The van der Waals surface area contributed by atoms with Gasteiger partial charge in [0.2, 0.25) is 5.91 Å². The Balaban J connectivity index is 1.96. The minimum absolute atomic E-state index is 0.171. The van der Waals surface area contributed by atoms with Crippen molar-refractivity contribution in [1.82, 2.24) is 10.3 Å². The summed E-state index contributed by atoms with van der Waals surface area (Å²) >= 11 is 0. The van der Waals surface area contributed by atoms with Crippen LogP contribution in [0.3, 0.4) is 0 Å². The Hall–Kier alpha value is -1.43. The lowest BCUT2D eigenvalue weighted by atomic mass is 9.91. The number of hydrogen-bond donors (Lipinski definition) is 3. The molecule has 1 amide bonds. The lowest BCUT2D eigenvalue weighted by Crippen LogP contribution is -2.37. The Bertz CT molecular complexity index is 468. The van der Waals surface area contributed by atoms with Gasteiger partial charge in [0.1, 0.15) is 0 Å². The van der Waals surface area contributed by atoms with Gasteiger partial charge in [-0.1, -0.05) is 24.3 Å². The molecule has 2 rings (SSSR count). The summed E-state index contributed by atoms with van der Waals surface area (Å²) in [6.45, 7) is 4.71. The van der Waals surface area contributed by atoms with Gasteiger partial charge in [0.25, 0.3) is 0 Å². The van der Waals surface area contributed by atoms with Crippen molar-refractivity contribution < 1.29 is 9.90 Å². The number of benzene rings is 1. The van der Waals surface area contributed by atoms with E-state index in [4.69, 9.17) is 5.84 Å². The first-order valence-corrected chi connectivity index (χ1v) is 7.56. The number of likely N-dealkylation sites (tertiary alicyclic amines) is 1. The Morgan fingerprint density at radius 2 is 2.00 bits per heavy atom. The highest BCUT2D eigenvalue weighted by molar-refractivity contribution is 5.78. The van der Waals surface area contributed by atoms with Crippen LogP contribution in [-0.2, 0) is 17.8 Å². The van der Waals surface area contributed by atoms with Crippen LogP contribution in [0.5, 0.6) is 0 Å². The summed E-state index contributed by atoms with van der Waals surface area (Å²) in [6.07, 6.45) is 2.16. The number of nitrogens with two attached hydrogens (primary N) is 1. The van der Waals surface area contributed by atoms with Crippen molar-refractivity contribution in [3.05, 3.63) is 35.4 Å². The van der Waals surface area contributed by atoms with Crippen molar-refractivity contribution >= 4 is 5.91 Å². The van der Waals surface area contributed by atoms with E-state index in [2.05, 4.69) is 16.4 Å². The number of piperidine rings is 1. The predicted molar refractivity (Wildman–Crippen MR) is 82.2 cm³/mol. The van der Waals surface area contributed by atoms with E-state index in [1.165, 1.54) is 5.56 Å². The molecule has 0 bridgehead atoms. The van der Waals surface area contributed by atoms with Crippen LogP contribution in [0.2, 0.25) is 0 Å². The van der Waals surface area contributed by atoms with E-state index >= 15 is 0 Å². The Labute approximate surface area is 126 Å². The molecular weight excluding hydrogens is 266 g/mol.